The lowest BCUT2D eigenvalue weighted by Crippen LogP contribution is -2.34. The Bertz CT molecular complexity index is 1140. The first kappa shape index (κ1) is 23.7. The second-order valence-electron chi connectivity index (χ2n) is 8.13. The summed E-state index contributed by atoms with van der Waals surface area (Å²) < 4.78 is 32.7. The van der Waals surface area contributed by atoms with Crippen LogP contribution in [0.3, 0.4) is 0 Å². The van der Waals surface area contributed by atoms with Gasteiger partial charge in [-0.2, -0.15) is 16.9 Å². The van der Waals surface area contributed by atoms with Gasteiger partial charge in [0.25, 0.3) is 5.91 Å². The Kier molecular flexibility index (Phi) is 7.07. The van der Waals surface area contributed by atoms with Crippen LogP contribution in [0.1, 0.15) is 34.5 Å². The predicted octanol–water partition coefficient (Wildman–Crippen LogP) is 1.43. The number of fused-ring (bicyclic) bond motifs is 1. The summed E-state index contributed by atoms with van der Waals surface area (Å²) in [5.41, 5.74) is 2.07. The molecule has 0 saturated carbocycles. The molecule has 0 spiro atoms. The average molecular weight is 494 g/mol. The molecule has 2 aromatic rings. The van der Waals surface area contributed by atoms with Crippen molar-refractivity contribution in [2.24, 2.45) is 0 Å². The fraction of sp³-hybridized carbons (Fsp3) is 0.476. The highest BCUT2D eigenvalue weighted by Crippen LogP contribution is 2.35. The summed E-state index contributed by atoms with van der Waals surface area (Å²) in [6, 6.07) is 5.74. The molecule has 2 aliphatic heterocycles. The second-order valence-corrected chi connectivity index (χ2v) is 11.3. The van der Waals surface area contributed by atoms with Gasteiger partial charge < -0.3 is 15.4 Å². The number of hydrogen-bond donors (Lipinski definition) is 2. The molecule has 12 heteroatoms. The molecule has 2 amide bonds. The largest absolute Gasteiger partial charge is 0.376 e. The molecular formula is C21H27N5O5S2. The van der Waals surface area contributed by atoms with Gasteiger partial charge in [-0.15, -0.1) is 0 Å². The smallest absolute Gasteiger partial charge is 0.256 e. The van der Waals surface area contributed by atoms with Gasteiger partial charge in [0, 0.05) is 49.9 Å². The summed E-state index contributed by atoms with van der Waals surface area (Å²) in [5, 5.41) is 10.3. The number of rotatable bonds is 8. The molecule has 2 aliphatic rings. The van der Waals surface area contributed by atoms with Gasteiger partial charge in [-0.05, 0) is 37.1 Å². The first-order valence-electron chi connectivity index (χ1n) is 10.6. The van der Waals surface area contributed by atoms with Gasteiger partial charge in [0.15, 0.2) is 0 Å². The lowest BCUT2D eigenvalue weighted by Gasteiger charge is -2.14. The Balaban J connectivity index is 1.47. The van der Waals surface area contributed by atoms with Crippen molar-refractivity contribution in [1.82, 2.24) is 19.4 Å². The third kappa shape index (κ3) is 5.24. The Morgan fingerprint density at radius 2 is 2.00 bits per heavy atom. The molecule has 1 unspecified atom stereocenters. The van der Waals surface area contributed by atoms with Crippen molar-refractivity contribution in [1.29, 1.82) is 0 Å². The van der Waals surface area contributed by atoms with Crippen molar-refractivity contribution in [3.8, 4) is 0 Å². The molecule has 1 aromatic carbocycles. The molecule has 33 heavy (non-hydrogen) atoms. The number of amides is 2. The Morgan fingerprint density at radius 1 is 1.24 bits per heavy atom. The number of nitrogens with one attached hydrogen (secondary N) is 2. The van der Waals surface area contributed by atoms with Crippen LogP contribution in [0.2, 0.25) is 0 Å². The monoisotopic (exact) mass is 493 g/mol. The van der Waals surface area contributed by atoms with E-state index in [1.54, 1.807) is 11.8 Å². The van der Waals surface area contributed by atoms with Crippen LogP contribution < -0.4 is 10.6 Å². The quantitative estimate of drug-likeness (QED) is 0.570. The van der Waals surface area contributed by atoms with Crippen molar-refractivity contribution >= 4 is 39.4 Å². The highest BCUT2D eigenvalue weighted by molar-refractivity contribution is 7.98. The number of anilines is 1. The van der Waals surface area contributed by atoms with Crippen molar-refractivity contribution in [2.45, 2.75) is 41.9 Å². The van der Waals surface area contributed by atoms with Crippen LogP contribution in [0.4, 0.5) is 5.82 Å². The number of nitrogens with zero attached hydrogens (tertiary/aromatic N) is 3. The lowest BCUT2D eigenvalue weighted by atomic mass is 10.2. The van der Waals surface area contributed by atoms with Gasteiger partial charge in [-0.1, -0.05) is 0 Å². The SMILES string of the molecule is CN(C)S(=O)(=O)c1ccc(C(=O)Nc2c3c(nn2CC(=O)NCC2CCCO2)CSC3)cc1. The number of benzene rings is 1. The number of ether oxygens (including phenoxy) is 1. The molecule has 178 valence electrons. The number of hydrogen-bond acceptors (Lipinski definition) is 7. The number of carbonyl (C=O) groups is 2. The van der Waals surface area contributed by atoms with Gasteiger partial charge in [0.2, 0.25) is 15.9 Å². The minimum absolute atomic E-state index is 0.0139. The standard InChI is InChI=1S/C21H27N5O5S2/c1-25(2)33(29,30)16-7-5-14(6-8-16)21(28)23-20-17-12-32-13-18(17)24-26(20)11-19(27)22-10-15-4-3-9-31-15/h5-8,15H,3-4,9-13H2,1-2H3,(H,22,27)(H,23,28). The van der Waals surface area contributed by atoms with Crippen LogP contribution in [0.25, 0.3) is 0 Å². The molecule has 1 atom stereocenters. The summed E-state index contributed by atoms with van der Waals surface area (Å²) in [6.07, 6.45) is 1.98. The van der Waals surface area contributed by atoms with Crippen molar-refractivity contribution in [3.63, 3.8) is 0 Å². The average Bonchev–Trinajstić information content (AvgIpc) is 3.52. The molecule has 4 rings (SSSR count). The van der Waals surface area contributed by atoms with E-state index in [2.05, 4.69) is 15.7 Å². The van der Waals surface area contributed by atoms with Gasteiger partial charge in [-0.25, -0.2) is 17.4 Å². The van der Waals surface area contributed by atoms with E-state index in [0.717, 1.165) is 40.8 Å². The topological polar surface area (TPSA) is 123 Å². The molecule has 1 fully saturated rings. The predicted molar refractivity (Wildman–Crippen MR) is 124 cm³/mol. The lowest BCUT2D eigenvalue weighted by molar-refractivity contribution is -0.122. The van der Waals surface area contributed by atoms with Gasteiger partial charge in [-0.3, -0.25) is 9.59 Å². The van der Waals surface area contributed by atoms with Crippen molar-refractivity contribution in [3.05, 3.63) is 41.1 Å². The van der Waals surface area contributed by atoms with E-state index in [-0.39, 0.29) is 23.5 Å². The summed E-state index contributed by atoms with van der Waals surface area (Å²) in [4.78, 5) is 25.5. The first-order chi connectivity index (χ1) is 15.8. The zero-order chi connectivity index (χ0) is 23.6. The Hall–Kier alpha value is -2.41. The van der Waals surface area contributed by atoms with Gasteiger partial charge in [0.05, 0.1) is 16.7 Å². The molecule has 10 nitrogen and oxygen atoms in total. The Labute approximate surface area is 197 Å². The first-order valence-corrected chi connectivity index (χ1v) is 13.2. The van der Waals surface area contributed by atoms with Crippen LogP contribution in [0.5, 0.6) is 0 Å². The van der Waals surface area contributed by atoms with E-state index in [9.17, 15) is 18.0 Å². The number of sulfonamides is 1. The van der Waals surface area contributed by atoms with Crippen molar-refractivity contribution in [2.75, 3.05) is 32.6 Å². The molecule has 0 radical (unpaired) electrons. The van der Waals surface area contributed by atoms with E-state index < -0.39 is 15.9 Å². The summed E-state index contributed by atoms with van der Waals surface area (Å²) in [5.74, 6) is 1.32. The van der Waals surface area contributed by atoms with E-state index in [4.69, 9.17) is 4.74 Å². The molecule has 1 aromatic heterocycles. The maximum atomic E-state index is 12.9. The highest BCUT2D eigenvalue weighted by atomic mass is 32.2. The minimum atomic E-state index is -3.58. The second kappa shape index (κ2) is 9.84. The van der Waals surface area contributed by atoms with Crippen LogP contribution in [0.15, 0.2) is 29.2 Å². The number of carbonyl (C=O) groups excluding carboxylic acids is 2. The fourth-order valence-electron chi connectivity index (χ4n) is 3.71. The summed E-state index contributed by atoms with van der Waals surface area (Å²) in [6.45, 7) is 1.17. The molecular weight excluding hydrogens is 466 g/mol. The zero-order valence-corrected chi connectivity index (χ0v) is 20.2. The molecule has 3 heterocycles. The van der Waals surface area contributed by atoms with E-state index >= 15 is 0 Å². The fourth-order valence-corrected chi connectivity index (χ4v) is 5.65. The van der Waals surface area contributed by atoms with Crippen LogP contribution in [0, 0.1) is 0 Å². The number of aromatic nitrogens is 2. The van der Waals surface area contributed by atoms with E-state index in [1.807, 2.05) is 0 Å². The van der Waals surface area contributed by atoms with Crippen LogP contribution in [-0.4, -0.2) is 67.7 Å². The highest BCUT2D eigenvalue weighted by Gasteiger charge is 2.26. The minimum Gasteiger partial charge on any atom is -0.376 e. The van der Waals surface area contributed by atoms with Crippen LogP contribution in [-0.2, 0) is 37.6 Å². The normalized spacial score (nSPS) is 17.8. The van der Waals surface area contributed by atoms with Gasteiger partial charge >= 0.3 is 0 Å². The summed E-state index contributed by atoms with van der Waals surface area (Å²) >= 11 is 1.69. The van der Waals surface area contributed by atoms with E-state index in [1.165, 1.54) is 43.0 Å². The third-order valence-electron chi connectivity index (χ3n) is 5.59. The Morgan fingerprint density at radius 3 is 2.67 bits per heavy atom. The van der Waals surface area contributed by atoms with E-state index in [0.29, 0.717) is 23.7 Å². The summed E-state index contributed by atoms with van der Waals surface area (Å²) in [7, 11) is -0.676. The molecule has 0 bridgehead atoms. The van der Waals surface area contributed by atoms with Crippen molar-refractivity contribution < 1.29 is 22.7 Å². The van der Waals surface area contributed by atoms with Crippen LogP contribution >= 0.6 is 11.8 Å². The van der Waals surface area contributed by atoms with Gasteiger partial charge in [0.1, 0.15) is 12.4 Å². The molecule has 2 N–H and O–H groups in total. The molecule has 0 aliphatic carbocycles. The molecule has 1 saturated heterocycles. The number of thioether (sulfide) groups is 1. The third-order valence-corrected chi connectivity index (χ3v) is 8.39. The zero-order valence-electron chi connectivity index (χ0n) is 18.5. The maximum Gasteiger partial charge on any atom is 0.256 e. The maximum absolute atomic E-state index is 12.9.